The van der Waals surface area contributed by atoms with E-state index in [0.29, 0.717) is 6.42 Å². The fourth-order valence-electron chi connectivity index (χ4n) is 1.29. The second kappa shape index (κ2) is 6.32. The van der Waals surface area contributed by atoms with Crippen LogP contribution in [0.2, 0.25) is 0 Å². The zero-order valence-corrected chi connectivity index (χ0v) is 7.82. The van der Waals surface area contributed by atoms with Crippen molar-refractivity contribution in [2.75, 3.05) is 19.8 Å². The summed E-state index contributed by atoms with van der Waals surface area (Å²) in [5.41, 5.74) is 0. The molecule has 1 saturated heterocycles. The molecule has 2 N–H and O–H groups in total. The van der Waals surface area contributed by atoms with Crippen LogP contribution in [0.5, 0.6) is 0 Å². The number of ether oxygens (including phenoxy) is 2. The highest BCUT2D eigenvalue weighted by Gasteiger charge is 2.15. The van der Waals surface area contributed by atoms with E-state index >= 15 is 0 Å². The van der Waals surface area contributed by atoms with E-state index < -0.39 is 6.10 Å². The van der Waals surface area contributed by atoms with Crippen LogP contribution in [0.25, 0.3) is 0 Å². The van der Waals surface area contributed by atoms with Gasteiger partial charge in [0.15, 0.2) is 6.29 Å². The molecule has 0 aliphatic carbocycles. The van der Waals surface area contributed by atoms with Crippen molar-refractivity contribution in [2.45, 2.75) is 38.1 Å². The van der Waals surface area contributed by atoms with E-state index in [0.717, 1.165) is 25.9 Å². The average Bonchev–Trinajstić information content (AvgIpc) is 2.17. The molecule has 0 aromatic carbocycles. The summed E-state index contributed by atoms with van der Waals surface area (Å²) in [7, 11) is 0. The molecule has 78 valence electrons. The Bertz CT molecular complexity index is 123. The maximum Gasteiger partial charge on any atom is 0.157 e. The Kier molecular flexibility index (Phi) is 5.31. The van der Waals surface area contributed by atoms with Gasteiger partial charge >= 0.3 is 0 Å². The minimum Gasteiger partial charge on any atom is -0.396 e. The summed E-state index contributed by atoms with van der Waals surface area (Å²) >= 11 is 0. The lowest BCUT2D eigenvalue weighted by molar-refractivity contribution is -0.176. The standard InChI is InChI=1S/C9H18O4/c10-5-4-8(11)7-13-9-3-1-2-6-12-9/h8-11H,1-7H2/t8-,9?/m0/s1. The molecule has 0 saturated carbocycles. The Morgan fingerprint density at radius 3 is 2.92 bits per heavy atom. The molecule has 1 heterocycles. The van der Waals surface area contributed by atoms with Crippen LogP contribution in [0.4, 0.5) is 0 Å². The summed E-state index contributed by atoms with van der Waals surface area (Å²) in [6.07, 6.45) is 2.77. The molecule has 1 aliphatic rings. The molecular weight excluding hydrogens is 172 g/mol. The number of hydrogen-bond donors (Lipinski definition) is 2. The molecule has 0 aromatic heterocycles. The highest BCUT2D eigenvalue weighted by molar-refractivity contribution is 4.57. The fourth-order valence-corrected chi connectivity index (χ4v) is 1.29. The largest absolute Gasteiger partial charge is 0.396 e. The van der Waals surface area contributed by atoms with Gasteiger partial charge in [-0.25, -0.2) is 0 Å². The van der Waals surface area contributed by atoms with Crippen molar-refractivity contribution in [2.24, 2.45) is 0 Å². The van der Waals surface area contributed by atoms with Crippen LogP contribution in [-0.4, -0.2) is 42.4 Å². The predicted molar refractivity (Wildman–Crippen MR) is 47.3 cm³/mol. The van der Waals surface area contributed by atoms with E-state index in [1.54, 1.807) is 0 Å². The summed E-state index contributed by atoms with van der Waals surface area (Å²) in [5.74, 6) is 0. The number of rotatable bonds is 5. The maximum absolute atomic E-state index is 9.24. The van der Waals surface area contributed by atoms with Gasteiger partial charge in [0.1, 0.15) is 0 Å². The third kappa shape index (κ3) is 4.57. The molecule has 1 fully saturated rings. The minimum atomic E-state index is -0.574. The highest BCUT2D eigenvalue weighted by atomic mass is 16.7. The highest BCUT2D eigenvalue weighted by Crippen LogP contribution is 2.13. The van der Waals surface area contributed by atoms with E-state index in [-0.39, 0.29) is 19.5 Å². The first-order valence-electron chi connectivity index (χ1n) is 4.85. The summed E-state index contributed by atoms with van der Waals surface area (Å²) in [6.45, 7) is 1.00. The van der Waals surface area contributed by atoms with Gasteiger partial charge in [-0.3, -0.25) is 0 Å². The Morgan fingerprint density at radius 2 is 2.31 bits per heavy atom. The molecule has 1 unspecified atom stereocenters. The van der Waals surface area contributed by atoms with Gasteiger partial charge in [0, 0.05) is 13.2 Å². The topological polar surface area (TPSA) is 58.9 Å². The molecule has 4 nitrogen and oxygen atoms in total. The maximum atomic E-state index is 9.24. The van der Waals surface area contributed by atoms with Crippen molar-refractivity contribution in [1.82, 2.24) is 0 Å². The quantitative estimate of drug-likeness (QED) is 0.653. The molecule has 2 atom stereocenters. The lowest BCUT2D eigenvalue weighted by Gasteiger charge is -2.23. The molecule has 1 aliphatic heterocycles. The zero-order chi connectivity index (χ0) is 9.52. The van der Waals surface area contributed by atoms with Gasteiger partial charge in [0.25, 0.3) is 0 Å². The van der Waals surface area contributed by atoms with E-state index in [1.165, 1.54) is 0 Å². The van der Waals surface area contributed by atoms with Crippen molar-refractivity contribution in [1.29, 1.82) is 0 Å². The lowest BCUT2D eigenvalue weighted by Crippen LogP contribution is -2.27. The molecule has 0 spiro atoms. The minimum absolute atomic E-state index is 0.00392. The van der Waals surface area contributed by atoms with Crippen LogP contribution in [0.15, 0.2) is 0 Å². The Morgan fingerprint density at radius 1 is 1.46 bits per heavy atom. The fraction of sp³-hybridized carbons (Fsp3) is 1.00. The molecule has 0 radical (unpaired) electrons. The molecular formula is C9H18O4. The first-order chi connectivity index (χ1) is 6.33. The van der Waals surface area contributed by atoms with Gasteiger partial charge in [0.2, 0.25) is 0 Å². The van der Waals surface area contributed by atoms with Crippen LogP contribution in [0.1, 0.15) is 25.7 Å². The second-order valence-electron chi connectivity index (χ2n) is 3.30. The molecule has 0 amide bonds. The van der Waals surface area contributed by atoms with Crippen molar-refractivity contribution < 1.29 is 19.7 Å². The molecule has 13 heavy (non-hydrogen) atoms. The van der Waals surface area contributed by atoms with Crippen LogP contribution < -0.4 is 0 Å². The SMILES string of the molecule is OCC[C@H](O)COC1CCCCO1. The summed E-state index contributed by atoms with van der Waals surface area (Å²) in [5, 5.41) is 17.8. The first kappa shape index (κ1) is 10.9. The van der Waals surface area contributed by atoms with Gasteiger partial charge < -0.3 is 19.7 Å². The summed E-state index contributed by atoms with van der Waals surface area (Å²) in [6, 6.07) is 0. The third-order valence-electron chi connectivity index (χ3n) is 2.07. The molecule has 4 heteroatoms. The van der Waals surface area contributed by atoms with E-state index in [9.17, 15) is 5.11 Å². The molecule has 0 bridgehead atoms. The number of hydrogen-bond acceptors (Lipinski definition) is 4. The number of aliphatic hydroxyl groups is 2. The van der Waals surface area contributed by atoms with Gasteiger partial charge in [-0.05, 0) is 25.7 Å². The number of aliphatic hydroxyl groups excluding tert-OH is 2. The van der Waals surface area contributed by atoms with Gasteiger partial charge in [-0.1, -0.05) is 0 Å². The van der Waals surface area contributed by atoms with Gasteiger partial charge in [0.05, 0.1) is 12.7 Å². The van der Waals surface area contributed by atoms with Crippen molar-refractivity contribution in [3.63, 3.8) is 0 Å². The monoisotopic (exact) mass is 190 g/mol. The zero-order valence-electron chi connectivity index (χ0n) is 7.82. The van der Waals surface area contributed by atoms with Crippen LogP contribution in [0.3, 0.4) is 0 Å². The molecule has 0 aromatic rings. The van der Waals surface area contributed by atoms with Crippen molar-refractivity contribution in [3.8, 4) is 0 Å². The second-order valence-corrected chi connectivity index (χ2v) is 3.30. The summed E-state index contributed by atoms with van der Waals surface area (Å²) < 4.78 is 10.6. The van der Waals surface area contributed by atoms with Gasteiger partial charge in [-0.15, -0.1) is 0 Å². The summed E-state index contributed by atoms with van der Waals surface area (Å²) in [4.78, 5) is 0. The first-order valence-corrected chi connectivity index (χ1v) is 4.85. The van der Waals surface area contributed by atoms with E-state index in [1.807, 2.05) is 0 Å². The Labute approximate surface area is 78.5 Å². The van der Waals surface area contributed by atoms with E-state index in [4.69, 9.17) is 14.6 Å². The smallest absolute Gasteiger partial charge is 0.157 e. The predicted octanol–water partition coefficient (Wildman–Crippen LogP) is 0.273. The van der Waals surface area contributed by atoms with E-state index in [2.05, 4.69) is 0 Å². The normalized spacial score (nSPS) is 25.8. The Hall–Kier alpha value is -0.160. The van der Waals surface area contributed by atoms with Crippen LogP contribution in [0, 0.1) is 0 Å². The van der Waals surface area contributed by atoms with Gasteiger partial charge in [-0.2, -0.15) is 0 Å². The third-order valence-corrected chi connectivity index (χ3v) is 2.07. The van der Waals surface area contributed by atoms with Crippen molar-refractivity contribution >= 4 is 0 Å². The average molecular weight is 190 g/mol. The Balaban J connectivity index is 2.03. The van der Waals surface area contributed by atoms with Crippen LogP contribution in [-0.2, 0) is 9.47 Å². The van der Waals surface area contributed by atoms with Crippen molar-refractivity contribution in [3.05, 3.63) is 0 Å². The van der Waals surface area contributed by atoms with Crippen LogP contribution >= 0.6 is 0 Å². The molecule has 1 rings (SSSR count). The lowest BCUT2D eigenvalue weighted by atomic mass is 10.2.